The molecule has 6 nitrogen and oxygen atoms in total. The van der Waals surface area contributed by atoms with E-state index in [1.165, 1.54) is 0 Å². The highest BCUT2D eigenvalue weighted by Crippen LogP contribution is 2.26. The Kier molecular flexibility index (Phi) is 3.15. The molecule has 20 heavy (non-hydrogen) atoms. The van der Waals surface area contributed by atoms with Crippen molar-refractivity contribution in [3.63, 3.8) is 0 Å². The van der Waals surface area contributed by atoms with E-state index in [1.54, 1.807) is 35.3 Å². The second-order valence-electron chi connectivity index (χ2n) is 4.18. The van der Waals surface area contributed by atoms with Gasteiger partial charge in [0, 0.05) is 24.2 Å². The zero-order chi connectivity index (χ0) is 14.1. The van der Waals surface area contributed by atoms with E-state index in [-0.39, 0.29) is 5.88 Å². The quantitative estimate of drug-likeness (QED) is 0.575. The third kappa shape index (κ3) is 2.14. The summed E-state index contributed by atoms with van der Waals surface area (Å²) in [7, 11) is 0. The lowest BCUT2D eigenvalue weighted by molar-refractivity contribution is 0.457. The van der Waals surface area contributed by atoms with Gasteiger partial charge in [0.05, 0.1) is 11.8 Å². The van der Waals surface area contributed by atoms with Gasteiger partial charge < -0.3 is 10.1 Å². The summed E-state index contributed by atoms with van der Waals surface area (Å²) in [6, 6.07) is 5.27. The van der Waals surface area contributed by atoms with Gasteiger partial charge in [0.2, 0.25) is 0 Å². The predicted octanol–water partition coefficient (Wildman–Crippen LogP) is 2.89. The van der Waals surface area contributed by atoms with Crippen molar-refractivity contribution in [1.82, 2.24) is 19.7 Å². The van der Waals surface area contributed by atoms with Gasteiger partial charge in [-0.05, 0) is 19.1 Å². The maximum absolute atomic E-state index is 9.93. The molecule has 0 aliphatic carbocycles. The summed E-state index contributed by atoms with van der Waals surface area (Å²) in [6.07, 6.45) is 3.28. The van der Waals surface area contributed by atoms with Crippen LogP contribution >= 0.6 is 11.6 Å². The Hall–Kier alpha value is -2.34. The van der Waals surface area contributed by atoms with E-state index in [1.807, 2.05) is 6.92 Å². The topological polar surface area (TPSA) is 79.1 Å². The maximum atomic E-state index is 9.93. The lowest BCUT2D eigenvalue weighted by Gasteiger charge is -1.98. The van der Waals surface area contributed by atoms with Crippen LogP contribution in [0.3, 0.4) is 0 Å². The molecule has 2 N–H and O–H groups in total. The molecule has 3 rings (SSSR count). The van der Waals surface area contributed by atoms with Crippen molar-refractivity contribution in [3.05, 3.63) is 35.1 Å². The van der Waals surface area contributed by atoms with Crippen LogP contribution in [0.1, 0.15) is 12.5 Å². The van der Waals surface area contributed by atoms with E-state index < -0.39 is 0 Å². The highest BCUT2D eigenvalue weighted by Gasteiger charge is 2.10. The highest BCUT2D eigenvalue weighted by atomic mass is 35.5. The number of aliphatic imine (C=N–C) groups is 1. The van der Waals surface area contributed by atoms with Crippen LogP contribution in [0.4, 0.5) is 5.82 Å². The molecule has 0 aromatic carbocycles. The number of nitrogens with zero attached hydrogens (tertiary/aromatic N) is 4. The standard InChI is InChI=1S/C13H12ClN5O/c1-2-19-11(5-6-16-19)15-7-9-8-3-4-10(14)17-12(8)18-13(9)20/h3-7,20H,2H2,1H3,(H,17,18). The predicted molar refractivity (Wildman–Crippen MR) is 77.9 cm³/mol. The van der Waals surface area contributed by atoms with Crippen LogP contribution in [-0.2, 0) is 6.54 Å². The molecular formula is C13H12ClN5O. The molecular weight excluding hydrogens is 278 g/mol. The number of H-pyrrole nitrogens is 1. The van der Waals surface area contributed by atoms with Gasteiger partial charge in [-0.25, -0.2) is 14.7 Å². The number of nitrogens with one attached hydrogen (secondary N) is 1. The first-order valence-corrected chi connectivity index (χ1v) is 6.50. The summed E-state index contributed by atoms with van der Waals surface area (Å²) in [6.45, 7) is 2.72. The Balaban J connectivity index is 2.04. The van der Waals surface area contributed by atoms with Gasteiger partial charge in [0.15, 0.2) is 5.88 Å². The Morgan fingerprint density at radius 1 is 1.45 bits per heavy atom. The molecule has 0 spiro atoms. The van der Waals surface area contributed by atoms with E-state index in [0.717, 1.165) is 17.7 Å². The summed E-state index contributed by atoms with van der Waals surface area (Å²) in [5.74, 6) is 0.740. The van der Waals surface area contributed by atoms with Gasteiger partial charge in [-0.3, -0.25) is 0 Å². The molecule has 102 valence electrons. The van der Waals surface area contributed by atoms with Crippen LogP contribution in [0.25, 0.3) is 11.0 Å². The van der Waals surface area contributed by atoms with Gasteiger partial charge in [-0.15, -0.1) is 0 Å². The number of hydrogen-bond donors (Lipinski definition) is 2. The number of hydrogen-bond acceptors (Lipinski definition) is 4. The van der Waals surface area contributed by atoms with Crippen molar-refractivity contribution < 1.29 is 5.11 Å². The van der Waals surface area contributed by atoms with E-state index in [2.05, 4.69) is 20.1 Å². The second kappa shape index (κ2) is 4.97. The van der Waals surface area contributed by atoms with Crippen LogP contribution in [0, 0.1) is 0 Å². The maximum Gasteiger partial charge on any atom is 0.199 e. The normalized spacial score (nSPS) is 11.7. The van der Waals surface area contributed by atoms with Crippen molar-refractivity contribution in [3.8, 4) is 5.88 Å². The summed E-state index contributed by atoms with van der Waals surface area (Å²) in [5.41, 5.74) is 1.11. The fourth-order valence-electron chi connectivity index (χ4n) is 2.00. The summed E-state index contributed by atoms with van der Waals surface area (Å²) >= 11 is 5.82. The number of pyridine rings is 1. The van der Waals surface area contributed by atoms with Crippen molar-refractivity contribution in [2.24, 2.45) is 4.99 Å². The molecule has 0 fully saturated rings. The molecule has 3 heterocycles. The first kappa shape index (κ1) is 12.7. The van der Waals surface area contributed by atoms with Crippen LogP contribution in [0.15, 0.2) is 29.4 Å². The van der Waals surface area contributed by atoms with E-state index >= 15 is 0 Å². The third-order valence-electron chi connectivity index (χ3n) is 2.96. The molecule has 3 aromatic heterocycles. The summed E-state index contributed by atoms with van der Waals surface area (Å²) < 4.78 is 1.76. The van der Waals surface area contributed by atoms with Crippen molar-refractivity contribution >= 4 is 34.7 Å². The number of aromatic hydroxyl groups is 1. The van der Waals surface area contributed by atoms with Crippen LogP contribution in [0.2, 0.25) is 5.15 Å². The zero-order valence-corrected chi connectivity index (χ0v) is 11.5. The lowest BCUT2D eigenvalue weighted by atomic mass is 10.2. The minimum Gasteiger partial charge on any atom is -0.494 e. The molecule has 0 unspecified atom stereocenters. The third-order valence-corrected chi connectivity index (χ3v) is 3.17. The molecule has 3 aromatic rings. The number of aryl methyl sites for hydroxylation is 1. The number of rotatable bonds is 3. The largest absolute Gasteiger partial charge is 0.494 e. The molecule has 0 aliphatic heterocycles. The van der Waals surface area contributed by atoms with Crippen LogP contribution in [0.5, 0.6) is 5.88 Å². The molecule has 0 saturated carbocycles. The number of fused-ring (bicyclic) bond motifs is 1. The van der Waals surface area contributed by atoms with E-state index in [4.69, 9.17) is 11.6 Å². The first-order chi connectivity index (χ1) is 9.69. The lowest BCUT2D eigenvalue weighted by Crippen LogP contribution is -1.94. The minimum absolute atomic E-state index is 0.0149. The van der Waals surface area contributed by atoms with Gasteiger partial charge in [-0.1, -0.05) is 11.6 Å². The second-order valence-corrected chi connectivity index (χ2v) is 4.57. The van der Waals surface area contributed by atoms with E-state index in [9.17, 15) is 5.11 Å². The van der Waals surface area contributed by atoms with Crippen LogP contribution in [-0.4, -0.2) is 31.1 Å². The molecule has 0 amide bonds. The Labute approximate surface area is 119 Å². The number of aromatic nitrogens is 4. The monoisotopic (exact) mass is 289 g/mol. The highest BCUT2D eigenvalue weighted by molar-refractivity contribution is 6.29. The fourth-order valence-corrected chi connectivity index (χ4v) is 2.14. The fraction of sp³-hybridized carbons (Fsp3) is 0.154. The molecule has 0 aliphatic rings. The molecule has 0 bridgehead atoms. The average Bonchev–Trinajstić information content (AvgIpc) is 2.99. The zero-order valence-electron chi connectivity index (χ0n) is 10.7. The molecule has 0 saturated heterocycles. The summed E-state index contributed by atoms with van der Waals surface area (Å²) in [5, 5.41) is 15.2. The molecule has 0 radical (unpaired) electrons. The van der Waals surface area contributed by atoms with Crippen molar-refractivity contribution in [2.75, 3.05) is 0 Å². The Morgan fingerprint density at radius 3 is 3.10 bits per heavy atom. The smallest absolute Gasteiger partial charge is 0.199 e. The van der Waals surface area contributed by atoms with E-state index in [0.29, 0.717) is 16.4 Å². The summed E-state index contributed by atoms with van der Waals surface area (Å²) in [4.78, 5) is 11.2. The van der Waals surface area contributed by atoms with Gasteiger partial charge in [-0.2, -0.15) is 5.10 Å². The van der Waals surface area contributed by atoms with Crippen LogP contribution < -0.4 is 0 Å². The average molecular weight is 290 g/mol. The van der Waals surface area contributed by atoms with Crippen molar-refractivity contribution in [1.29, 1.82) is 0 Å². The van der Waals surface area contributed by atoms with Gasteiger partial charge >= 0.3 is 0 Å². The number of halogens is 1. The first-order valence-electron chi connectivity index (χ1n) is 6.12. The minimum atomic E-state index is 0.0149. The number of aromatic amines is 1. The van der Waals surface area contributed by atoms with Crippen molar-refractivity contribution in [2.45, 2.75) is 13.5 Å². The Morgan fingerprint density at radius 2 is 2.30 bits per heavy atom. The molecule has 7 heteroatoms. The Bertz CT molecular complexity index is 789. The SMILES string of the molecule is CCn1nccc1N=Cc1c(O)[nH]c2nc(Cl)ccc12. The van der Waals surface area contributed by atoms with Gasteiger partial charge in [0.25, 0.3) is 0 Å². The molecule has 0 atom stereocenters. The van der Waals surface area contributed by atoms with Gasteiger partial charge in [0.1, 0.15) is 16.6 Å².